The summed E-state index contributed by atoms with van der Waals surface area (Å²) in [5, 5.41) is 16.5. The monoisotopic (exact) mass is 376 g/mol. The third kappa shape index (κ3) is 4.31. The molecule has 2 atom stereocenters. The summed E-state index contributed by atoms with van der Waals surface area (Å²) in [7, 11) is 0. The number of nitrogens with zero attached hydrogens (tertiary/aromatic N) is 3. The van der Waals surface area contributed by atoms with E-state index in [1.807, 2.05) is 18.7 Å². The summed E-state index contributed by atoms with van der Waals surface area (Å²) in [4.78, 5) is 40.5. The second-order valence-corrected chi connectivity index (χ2v) is 7.71. The third-order valence-electron chi connectivity index (χ3n) is 5.79. The number of carboxylic acid groups (broad SMARTS) is 1. The minimum atomic E-state index is -0.937. The Morgan fingerprint density at radius 2 is 1.78 bits per heavy atom. The van der Waals surface area contributed by atoms with E-state index in [0.29, 0.717) is 19.4 Å². The molecule has 2 fully saturated rings. The summed E-state index contributed by atoms with van der Waals surface area (Å²) in [5.74, 6) is -2.14. The predicted molar refractivity (Wildman–Crippen MR) is 98.0 cm³/mol. The lowest BCUT2D eigenvalue weighted by Gasteiger charge is -2.37. The van der Waals surface area contributed by atoms with Gasteiger partial charge in [0.1, 0.15) is 0 Å². The van der Waals surface area contributed by atoms with Crippen LogP contribution in [-0.2, 0) is 20.8 Å². The minimum absolute atomic E-state index is 0.00206. The van der Waals surface area contributed by atoms with Gasteiger partial charge in [0.25, 0.3) is 0 Å². The van der Waals surface area contributed by atoms with Gasteiger partial charge in [-0.1, -0.05) is 0 Å². The highest BCUT2D eigenvalue weighted by Crippen LogP contribution is 2.26. The van der Waals surface area contributed by atoms with Crippen molar-refractivity contribution in [1.29, 1.82) is 0 Å². The number of aromatic nitrogens is 2. The molecule has 2 saturated heterocycles. The van der Waals surface area contributed by atoms with Gasteiger partial charge in [0.05, 0.1) is 17.5 Å². The van der Waals surface area contributed by atoms with Crippen molar-refractivity contribution in [2.75, 3.05) is 26.2 Å². The van der Waals surface area contributed by atoms with Crippen molar-refractivity contribution in [2.24, 2.45) is 11.8 Å². The van der Waals surface area contributed by atoms with Crippen LogP contribution in [0.4, 0.5) is 0 Å². The van der Waals surface area contributed by atoms with Gasteiger partial charge in [-0.25, -0.2) is 0 Å². The molecule has 2 amide bonds. The van der Waals surface area contributed by atoms with E-state index in [1.165, 1.54) is 0 Å². The Hall–Kier alpha value is -2.38. The van der Waals surface area contributed by atoms with Gasteiger partial charge in [0, 0.05) is 38.3 Å². The second-order valence-electron chi connectivity index (χ2n) is 7.71. The first kappa shape index (κ1) is 19.4. The van der Waals surface area contributed by atoms with Crippen LogP contribution in [0.25, 0.3) is 0 Å². The van der Waals surface area contributed by atoms with E-state index in [0.717, 1.165) is 42.9 Å². The molecule has 8 heteroatoms. The second kappa shape index (κ2) is 8.10. The lowest BCUT2D eigenvalue weighted by atomic mass is 9.88. The molecule has 8 nitrogen and oxygen atoms in total. The number of aryl methyl sites for hydroxylation is 2. The highest BCUT2D eigenvalue weighted by Gasteiger charge is 2.38. The van der Waals surface area contributed by atoms with Crippen LogP contribution < -0.4 is 0 Å². The third-order valence-corrected chi connectivity index (χ3v) is 5.79. The van der Waals surface area contributed by atoms with E-state index in [4.69, 9.17) is 0 Å². The fourth-order valence-electron chi connectivity index (χ4n) is 4.19. The fraction of sp³-hybridized carbons (Fsp3) is 0.684. The van der Waals surface area contributed by atoms with Gasteiger partial charge in [-0.3, -0.25) is 19.5 Å². The number of carbonyl (C=O) groups excluding carboxylic acids is 2. The summed E-state index contributed by atoms with van der Waals surface area (Å²) in [6, 6.07) is 0. The number of piperidine rings is 1. The molecule has 0 saturated carbocycles. The first-order valence-electron chi connectivity index (χ1n) is 9.66. The molecule has 1 aromatic rings. The van der Waals surface area contributed by atoms with Crippen LogP contribution in [-0.4, -0.2) is 69.1 Å². The van der Waals surface area contributed by atoms with Crippen molar-refractivity contribution in [3.63, 3.8) is 0 Å². The first-order valence-corrected chi connectivity index (χ1v) is 9.66. The molecule has 0 radical (unpaired) electrons. The van der Waals surface area contributed by atoms with E-state index in [2.05, 4.69) is 10.2 Å². The number of aromatic amines is 1. The average molecular weight is 376 g/mol. The number of hydrogen-bond donors (Lipinski definition) is 2. The number of amides is 2. The SMILES string of the molecule is Cc1n[nH]c(C)c1CCC(=O)N1C[C@@H](C(=O)O)C[C@H](C(=O)N2CCCC2)C1. The molecule has 3 rings (SSSR count). The van der Waals surface area contributed by atoms with Crippen molar-refractivity contribution in [2.45, 2.75) is 46.0 Å². The van der Waals surface area contributed by atoms with E-state index in [-0.39, 0.29) is 24.8 Å². The molecule has 0 spiro atoms. The Bertz CT molecular complexity index is 704. The maximum atomic E-state index is 12.8. The van der Waals surface area contributed by atoms with Crippen LogP contribution in [0.2, 0.25) is 0 Å². The molecular formula is C19H28N4O4. The lowest BCUT2D eigenvalue weighted by Crippen LogP contribution is -2.50. The van der Waals surface area contributed by atoms with Crippen LogP contribution in [0.15, 0.2) is 0 Å². The molecule has 0 aromatic carbocycles. The number of hydrogen-bond acceptors (Lipinski definition) is 4. The summed E-state index contributed by atoms with van der Waals surface area (Å²) in [6.07, 6.45) is 3.15. The summed E-state index contributed by atoms with van der Waals surface area (Å²) >= 11 is 0. The molecule has 148 valence electrons. The van der Waals surface area contributed by atoms with Gasteiger partial charge in [0.15, 0.2) is 0 Å². The average Bonchev–Trinajstić information content (AvgIpc) is 3.29. The summed E-state index contributed by atoms with van der Waals surface area (Å²) < 4.78 is 0. The number of rotatable bonds is 5. The highest BCUT2D eigenvalue weighted by atomic mass is 16.4. The standard InChI is InChI=1S/C19H28N4O4/c1-12-16(13(2)21-20-12)5-6-17(24)23-10-14(9-15(11-23)19(26)27)18(25)22-7-3-4-8-22/h14-15H,3-11H2,1-2H3,(H,20,21)(H,26,27)/t14-,15-/m0/s1. The Morgan fingerprint density at radius 1 is 1.11 bits per heavy atom. The van der Waals surface area contributed by atoms with Gasteiger partial charge in [-0.05, 0) is 45.1 Å². The van der Waals surface area contributed by atoms with E-state index in [9.17, 15) is 19.5 Å². The van der Waals surface area contributed by atoms with Crippen LogP contribution >= 0.6 is 0 Å². The molecule has 0 unspecified atom stereocenters. The lowest BCUT2D eigenvalue weighted by molar-refractivity contribution is -0.150. The van der Waals surface area contributed by atoms with Gasteiger partial charge < -0.3 is 14.9 Å². The normalized spacial score (nSPS) is 22.9. The molecule has 27 heavy (non-hydrogen) atoms. The summed E-state index contributed by atoms with van der Waals surface area (Å²) in [5.41, 5.74) is 2.86. The van der Waals surface area contributed by atoms with Crippen LogP contribution in [0.3, 0.4) is 0 Å². The van der Waals surface area contributed by atoms with Gasteiger partial charge in [-0.2, -0.15) is 5.10 Å². The zero-order valence-electron chi connectivity index (χ0n) is 16.0. The van der Waals surface area contributed by atoms with Crippen LogP contribution in [0.5, 0.6) is 0 Å². The molecule has 2 aliphatic heterocycles. The van der Waals surface area contributed by atoms with E-state index >= 15 is 0 Å². The fourth-order valence-corrected chi connectivity index (χ4v) is 4.19. The molecule has 3 heterocycles. The number of carboxylic acids is 1. The zero-order chi connectivity index (χ0) is 19.6. The van der Waals surface area contributed by atoms with Crippen LogP contribution in [0, 0.1) is 25.7 Å². The van der Waals surface area contributed by atoms with Crippen molar-refractivity contribution < 1.29 is 19.5 Å². The molecule has 0 aliphatic carbocycles. The highest BCUT2D eigenvalue weighted by molar-refractivity contribution is 5.83. The van der Waals surface area contributed by atoms with Gasteiger partial charge in [0.2, 0.25) is 11.8 Å². The number of nitrogens with one attached hydrogen (secondary N) is 1. The van der Waals surface area contributed by atoms with Crippen molar-refractivity contribution in [1.82, 2.24) is 20.0 Å². The largest absolute Gasteiger partial charge is 0.481 e. The van der Waals surface area contributed by atoms with Crippen molar-refractivity contribution in [3.8, 4) is 0 Å². The Kier molecular flexibility index (Phi) is 5.82. The number of aliphatic carboxylic acids is 1. The molecular weight excluding hydrogens is 348 g/mol. The number of likely N-dealkylation sites (tertiary alicyclic amines) is 2. The zero-order valence-corrected chi connectivity index (χ0v) is 16.0. The Labute approximate surface area is 158 Å². The van der Waals surface area contributed by atoms with Gasteiger partial charge >= 0.3 is 5.97 Å². The Balaban J connectivity index is 1.66. The van der Waals surface area contributed by atoms with E-state index < -0.39 is 17.8 Å². The predicted octanol–water partition coefficient (Wildman–Crippen LogP) is 1.13. The minimum Gasteiger partial charge on any atom is -0.481 e. The first-order chi connectivity index (χ1) is 12.9. The topological polar surface area (TPSA) is 107 Å². The molecule has 2 N–H and O–H groups in total. The summed E-state index contributed by atoms with van der Waals surface area (Å²) in [6.45, 7) is 5.80. The number of carbonyl (C=O) groups is 3. The van der Waals surface area contributed by atoms with E-state index in [1.54, 1.807) is 4.90 Å². The molecule has 1 aromatic heterocycles. The maximum Gasteiger partial charge on any atom is 0.308 e. The smallest absolute Gasteiger partial charge is 0.308 e. The quantitative estimate of drug-likeness (QED) is 0.801. The molecule has 2 aliphatic rings. The van der Waals surface area contributed by atoms with Crippen LogP contribution in [0.1, 0.15) is 42.6 Å². The Morgan fingerprint density at radius 3 is 2.37 bits per heavy atom. The maximum absolute atomic E-state index is 12.8. The number of H-pyrrole nitrogens is 1. The molecule has 0 bridgehead atoms. The van der Waals surface area contributed by atoms with Crippen molar-refractivity contribution in [3.05, 3.63) is 17.0 Å². The van der Waals surface area contributed by atoms with Crippen molar-refractivity contribution >= 4 is 17.8 Å². The van der Waals surface area contributed by atoms with Gasteiger partial charge in [-0.15, -0.1) is 0 Å².